The second-order valence-corrected chi connectivity index (χ2v) is 3.83. The van der Waals surface area contributed by atoms with Crippen LogP contribution >= 0.6 is 0 Å². The summed E-state index contributed by atoms with van der Waals surface area (Å²) in [5.74, 6) is -2.16. The van der Waals surface area contributed by atoms with Crippen molar-refractivity contribution in [3.05, 3.63) is 53.7 Å². The quantitative estimate of drug-likeness (QED) is 0.916. The summed E-state index contributed by atoms with van der Waals surface area (Å²) in [6.45, 7) is 1.71. The van der Waals surface area contributed by atoms with Crippen LogP contribution in [0.5, 0.6) is 5.88 Å². The van der Waals surface area contributed by atoms with E-state index in [-0.39, 0.29) is 11.4 Å². The first-order valence-corrected chi connectivity index (χ1v) is 5.54. The number of ether oxygens (including phenoxy) is 1. The van der Waals surface area contributed by atoms with Crippen LogP contribution in [0, 0.1) is 5.82 Å². The van der Waals surface area contributed by atoms with Crippen LogP contribution in [-0.4, -0.2) is 21.0 Å². The molecule has 2 aromatic rings. The van der Waals surface area contributed by atoms with Gasteiger partial charge in [0.1, 0.15) is 17.5 Å². The fourth-order valence-electron chi connectivity index (χ4n) is 1.52. The van der Waals surface area contributed by atoms with Gasteiger partial charge in [-0.2, -0.15) is 0 Å². The lowest BCUT2D eigenvalue weighted by Gasteiger charge is -2.14. The molecule has 0 spiro atoms. The van der Waals surface area contributed by atoms with Crippen molar-refractivity contribution in [1.29, 1.82) is 0 Å². The Labute approximate surface area is 108 Å². The largest absolute Gasteiger partial charge is 0.477 e. The summed E-state index contributed by atoms with van der Waals surface area (Å²) in [7, 11) is 0. The molecule has 6 heteroatoms. The minimum absolute atomic E-state index is 0.132. The zero-order valence-corrected chi connectivity index (χ0v) is 10.1. The Morgan fingerprint density at radius 2 is 2.21 bits per heavy atom. The molecule has 1 N–H and O–H groups in total. The summed E-state index contributed by atoms with van der Waals surface area (Å²) in [6.07, 6.45) is 2.02. The number of aromatic carboxylic acids is 1. The molecule has 0 saturated heterocycles. The van der Waals surface area contributed by atoms with Gasteiger partial charge in [0.15, 0.2) is 0 Å². The monoisotopic (exact) mass is 262 g/mol. The number of nitrogens with zero attached hydrogens (tertiary/aromatic N) is 2. The molecular formula is C13H11FN2O3. The fourth-order valence-corrected chi connectivity index (χ4v) is 1.52. The molecule has 0 radical (unpaired) electrons. The van der Waals surface area contributed by atoms with Gasteiger partial charge in [0.25, 0.3) is 0 Å². The van der Waals surface area contributed by atoms with Crippen LogP contribution < -0.4 is 4.74 Å². The average molecular weight is 262 g/mol. The van der Waals surface area contributed by atoms with Crippen molar-refractivity contribution in [2.45, 2.75) is 13.0 Å². The second-order valence-electron chi connectivity index (χ2n) is 3.83. The molecule has 2 rings (SSSR count). The molecule has 0 unspecified atom stereocenters. The molecule has 2 heterocycles. The number of rotatable bonds is 4. The number of carbonyl (C=O) groups is 1. The molecule has 0 aliphatic heterocycles. The summed E-state index contributed by atoms with van der Waals surface area (Å²) in [5.41, 5.74) is 0.313. The fraction of sp³-hybridized carbons (Fsp3) is 0.154. The number of aromatic nitrogens is 2. The van der Waals surface area contributed by atoms with Crippen molar-refractivity contribution >= 4 is 5.97 Å². The summed E-state index contributed by atoms with van der Waals surface area (Å²) >= 11 is 0. The SMILES string of the molecule is C[C@H](Oc1ncc(F)cc1C(=O)O)c1ccccn1. The van der Waals surface area contributed by atoms with Gasteiger partial charge in [-0.05, 0) is 25.1 Å². The zero-order valence-electron chi connectivity index (χ0n) is 10.1. The van der Waals surface area contributed by atoms with Crippen LogP contribution in [-0.2, 0) is 0 Å². The number of hydrogen-bond donors (Lipinski definition) is 1. The van der Waals surface area contributed by atoms with Gasteiger partial charge >= 0.3 is 5.97 Å². The van der Waals surface area contributed by atoms with Gasteiger partial charge in [0.05, 0.1) is 11.9 Å². The molecule has 0 amide bonds. The van der Waals surface area contributed by atoms with Crippen LogP contribution in [0.15, 0.2) is 36.7 Å². The molecule has 2 aromatic heterocycles. The van der Waals surface area contributed by atoms with E-state index < -0.39 is 17.9 Å². The third-order valence-electron chi connectivity index (χ3n) is 2.44. The second kappa shape index (κ2) is 5.43. The number of carboxylic acids is 1. The third-order valence-corrected chi connectivity index (χ3v) is 2.44. The minimum Gasteiger partial charge on any atom is -0.477 e. The van der Waals surface area contributed by atoms with Crippen LogP contribution in [0.3, 0.4) is 0 Å². The molecule has 98 valence electrons. The van der Waals surface area contributed by atoms with Gasteiger partial charge in [-0.1, -0.05) is 6.07 Å². The number of hydrogen-bond acceptors (Lipinski definition) is 4. The van der Waals surface area contributed by atoms with E-state index in [1.165, 1.54) is 0 Å². The van der Waals surface area contributed by atoms with Crippen molar-refractivity contribution in [1.82, 2.24) is 9.97 Å². The van der Waals surface area contributed by atoms with E-state index in [1.54, 1.807) is 31.3 Å². The maximum atomic E-state index is 13.0. The maximum absolute atomic E-state index is 13.0. The van der Waals surface area contributed by atoms with E-state index in [9.17, 15) is 9.18 Å². The van der Waals surface area contributed by atoms with Gasteiger partial charge < -0.3 is 9.84 Å². The zero-order chi connectivity index (χ0) is 13.8. The van der Waals surface area contributed by atoms with Gasteiger partial charge in [0.2, 0.25) is 5.88 Å². The Morgan fingerprint density at radius 1 is 1.42 bits per heavy atom. The van der Waals surface area contributed by atoms with Crippen LogP contribution in [0.1, 0.15) is 29.1 Å². The predicted octanol–water partition coefficient (Wildman–Crippen LogP) is 2.45. The Kier molecular flexibility index (Phi) is 3.70. The molecule has 1 atom stereocenters. The predicted molar refractivity (Wildman–Crippen MR) is 64.4 cm³/mol. The summed E-state index contributed by atoms with van der Waals surface area (Å²) in [5, 5.41) is 8.97. The summed E-state index contributed by atoms with van der Waals surface area (Å²) < 4.78 is 18.4. The summed E-state index contributed by atoms with van der Waals surface area (Å²) in [4.78, 5) is 18.7. The van der Waals surface area contributed by atoms with Gasteiger partial charge in [-0.3, -0.25) is 4.98 Å². The van der Waals surface area contributed by atoms with E-state index in [0.717, 1.165) is 12.3 Å². The topological polar surface area (TPSA) is 72.3 Å². The van der Waals surface area contributed by atoms with Crippen molar-refractivity contribution < 1.29 is 19.0 Å². The lowest BCUT2D eigenvalue weighted by atomic mass is 10.2. The molecule has 0 aliphatic rings. The average Bonchev–Trinajstić information content (AvgIpc) is 2.41. The van der Waals surface area contributed by atoms with E-state index >= 15 is 0 Å². The highest BCUT2D eigenvalue weighted by molar-refractivity contribution is 5.90. The van der Waals surface area contributed by atoms with Crippen molar-refractivity contribution in [3.63, 3.8) is 0 Å². The highest BCUT2D eigenvalue weighted by atomic mass is 19.1. The van der Waals surface area contributed by atoms with Gasteiger partial charge in [-0.25, -0.2) is 14.2 Å². The normalized spacial score (nSPS) is 11.9. The Bertz CT molecular complexity index is 590. The van der Waals surface area contributed by atoms with Crippen molar-refractivity contribution in [2.75, 3.05) is 0 Å². The molecule has 19 heavy (non-hydrogen) atoms. The van der Waals surface area contributed by atoms with E-state index in [4.69, 9.17) is 9.84 Å². The Morgan fingerprint density at radius 3 is 2.84 bits per heavy atom. The Hall–Kier alpha value is -2.50. The highest BCUT2D eigenvalue weighted by Gasteiger charge is 2.17. The number of halogens is 1. The first-order valence-electron chi connectivity index (χ1n) is 5.54. The van der Waals surface area contributed by atoms with E-state index in [0.29, 0.717) is 5.69 Å². The van der Waals surface area contributed by atoms with E-state index in [2.05, 4.69) is 9.97 Å². The first kappa shape index (κ1) is 12.9. The van der Waals surface area contributed by atoms with Gasteiger partial charge in [0, 0.05) is 6.20 Å². The van der Waals surface area contributed by atoms with Crippen molar-refractivity contribution in [2.24, 2.45) is 0 Å². The number of pyridine rings is 2. The number of carboxylic acid groups (broad SMARTS) is 1. The van der Waals surface area contributed by atoms with Crippen LogP contribution in [0.2, 0.25) is 0 Å². The molecule has 0 bridgehead atoms. The van der Waals surface area contributed by atoms with Crippen LogP contribution in [0.4, 0.5) is 4.39 Å². The first-order chi connectivity index (χ1) is 9.08. The lowest BCUT2D eigenvalue weighted by molar-refractivity contribution is 0.0687. The lowest BCUT2D eigenvalue weighted by Crippen LogP contribution is -2.10. The maximum Gasteiger partial charge on any atom is 0.341 e. The molecule has 5 nitrogen and oxygen atoms in total. The Balaban J connectivity index is 2.26. The molecule has 0 aliphatic carbocycles. The molecular weight excluding hydrogens is 251 g/mol. The third kappa shape index (κ3) is 3.04. The molecule has 0 fully saturated rings. The van der Waals surface area contributed by atoms with E-state index in [1.807, 2.05) is 0 Å². The highest BCUT2D eigenvalue weighted by Crippen LogP contribution is 2.22. The summed E-state index contributed by atoms with van der Waals surface area (Å²) in [6, 6.07) is 6.16. The molecule has 0 aromatic carbocycles. The standard InChI is InChI=1S/C13H11FN2O3/c1-8(11-4-2-3-5-15-11)19-12-10(13(17)18)6-9(14)7-16-12/h2-8H,1H3,(H,17,18)/t8-/m0/s1. The van der Waals surface area contributed by atoms with Crippen LogP contribution in [0.25, 0.3) is 0 Å². The van der Waals surface area contributed by atoms with Crippen molar-refractivity contribution in [3.8, 4) is 5.88 Å². The minimum atomic E-state index is -1.30. The molecule has 0 saturated carbocycles. The smallest absolute Gasteiger partial charge is 0.341 e. The van der Waals surface area contributed by atoms with Gasteiger partial charge in [-0.15, -0.1) is 0 Å².